The van der Waals surface area contributed by atoms with Crippen LogP contribution in [-0.2, 0) is 4.79 Å². The van der Waals surface area contributed by atoms with Crippen molar-refractivity contribution in [1.29, 1.82) is 0 Å². The molecular weight excluding hydrogens is 236 g/mol. The van der Waals surface area contributed by atoms with Crippen LogP contribution in [0, 0.1) is 6.92 Å². The molecule has 0 aliphatic carbocycles. The molecule has 1 aromatic heterocycles. The van der Waals surface area contributed by atoms with Crippen LogP contribution in [0.2, 0.25) is 0 Å². The molecule has 0 atom stereocenters. The molecule has 0 spiro atoms. The molecule has 5 nitrogen and oxygen atoms in total. The molecule has 88 valence electrons. The highest BCUT2D eigenvalue weighted by Gasteiger charge is 2.08. The molecule has 1 heterocycles. The molecule has 0 fully saturated rings. The summed E-state index contributed by atoms with van der Waals surface area (Å²) < 4.78 is 0. The zero-order chi connectivity index (χ0) is 12.4. The number of carbonyl (C=O) groups excluding carboxylic acids is 1. The topological polar surface area (TPSA) is 80.9 Å². The first-order valence-electron chi connectivity index (χ1n) is 5.04. The van der Waals surface area contributed by atoms with E-state index in [0.29, 0.717) is 5.13 Å². The summed E-state index contributed by atoms with van der Waals surface area (Å²) in [6, 6.07) is 5.72. The molecule has 17 heavy (non-hydrogen) atoms. The van der Waals surface area contributed by atoms with Crippen molar-refractivity contribution >= 4 is 28.1 Å². The number of nitrogens with two attached hydrogens (primary N) is 1. The van der Waals surface area contributed by atoms with Gasteiger partial charge in [0.05, 0.1) is 0 Å². The van der Waals surface area contributed by atoms with Gasteiger partial charge in [-0.05, 0) is 18.6 Å². The first-order valence-corrected chi connectivity index (χ1v) is 5.85. The fourth-order valence-corrected chi connectivity index (χ4v) is 2.10. The number of carbonyl (C=O) groups is 1. The maximum absolute atomic E-state index is 10.9. The molecule has 3 N–H and O–H groups in total. The summed E-state index contributed by atoms with van der Waals surface area (Å²) in [4.78, 5) is 10.9. The standard InChI is InChI=1S/C11H12N4OS/c1-6-3-4-8(5-9(6)12)10-14-15-11(17-10)13-7(2)16/h3-5H,12H2,1-2H3,(H,13,15,16). The van der Waals surface area contributed by atoms with E-state index >= 15 is 0 Å². The van der Waals surface area contributed by atoms with Crippen LogP contribution in [0.15, 0.2) is 18.2 Å². The summed E-state index contributed by atoms with van der Waals surface area (Å²) in [6.07, 6.45) is 0. The first kappa shape index (κ1) is 11.5. The van der Waals surface area contributed by atoms with Gasteiger partial charge >= 0.3 is 0 Å². The average molecular weight is 248 g/mol. The number of aromatic nitrogens is 2. The van der Waals surface area contributed by atoms with E-state index < -0.39 is 0 Å². The van der Waals surface area contributed by atoms with Gasteiger partial charge in [-0.2, -0.15) is 0 Å². The van der Waals surface area contributed by atoms with E-state index in [2.05, 4.69) is 15.5 Å². The third-order valence-electron chi connectivity index (χ3n) is 2.23. The molecule has 0 aliphatic rings. The second-order valence-corrected chi connectivity index (χ2v) is 4.64. The van der Waals surface area contributed by atoms with Crippen LogP contribution in [0.5, 0.6) is 0 Å². The van der Waals surface area contributed by atoms with E-state index in [1.54, 1.807) is 0 Å². The van der Waals surface area contributed by atoms with Gasteiger partial charge in [0.2, 0.25) is 11.0 Å². The number of rotatable bonds is 2. The molecule has 0 unspecified atom stereocenters. The van der Waals surface area contributed by atoms with Crippen LogP contribution in [0.3, 0.4) is 0 Å². The summed E-state index contributed by atoms with van der Waals surface area (Å²) in [6.45, 7) is 3.38. The minimum atomic E-state index is -0.156. The Hall–Kier alpha value is -1.95. The lowest BCUT2D eigenvalue weighted by Gasteiger charge is -2.01. The summed E-state index contributed by atoms with van der Waals surface area (Å²) >= 11 is 1.32. The molecular formula is C11H12N4OS. The Morgan fingerprint density at radius 2 is 2.18 bits per heavy atom. The van der Waals surface area contributed by atoms with Gasteiger partial charge in [-0.15, -0.1) is 10.2 Å². The maximum Gasteiger partial charge on any atom is 0.223 e. The normalized spacial score (nSPS) is 10.2. The van der Waals surface area contributed by atoms with E-state index in [-0.39, 0.29) is 5.91 Å². The highest BCUT2D eigenvalue weighted by atomic mass is 32.1. The predicted molar refractivity (Wildman–Crippen MR) is 68.8 cm³/mol. The third kappa shape index (κ3) is 2.59. The molecule has 0 aliphatic heterocycles. The molecule has 6 heteroatoms. The molecule has 1 aromatic carbocycles. The average Bonchev–Trinajstić information content (AvgIpc) is 2.69. The Balaban J connectivity index is 2.30. The van der Waals surface area contributed by atoms with E-state index in [9.17, 15) is 4.79 Å². The minimum Gasteiger partial charge on any atom is -0.398 e. The number of nitrogens with zero attached hydrogens (tertiary/aromatic N) is 2. The molecule has 0 saturated heterocycles. The van der Waals surface area contributed by atoms with E-state index in [1.165, 1.54) is 18.3 Å². The zero-order valence-corrected chi connectivity index (χ0v) is 10.3. The van der Waals surface area contributed by atoms with Crippen LogP contribution in [-0.4, -0.2) is 16.1 Å². The molecule has 0 saturated carbocycles. The smallest absolute Gasteiger partial charge is 0.223 e. The fraction of sp³-hybridized carbons (Fsp3) is 0.182. The number of anilines is 2. The minimum absolute atomic E-state index is 0.156. The first-order chi connectivity index (χ1) is 8.06. The van der Waals surface area contributed by atoms with E-state index in [4.69, 9.17) is 5.73 Å². The summed E-state index contributed by atoms with van der Waals surface area (Å²) in [5, 5.41) is 11.7. The number of nitrogen functional groups attached to an aromatic ring is 1. The van der Waals surface area contributed by atoms with Crippen LogP contribution in [0.1, 0.15) is 12.5 Å². The Labute approximate surface area is 103 Å². The number of benzene rings is 1. The van der Waals surface area contributed by atoms with E-state index in [1.807, 2.05) is 25.1 Å². The second kappa shape index (κ2) is 4.50. The van der Waals surface area contributed by atoms with Crippen LogP contribution in [0.4, 0.5) is 10.8 Å². The van der Waals surface area contributed by atoms with Gasteiger partial charge in [-0.25, -0.2) is 0 Å². The van der Waals surface area contributed by atoms with Crippen molar-refractivity contribution in [2.75, 3.05) is 11.1 Å². The third-order valence-corrected chi connectivity index (χ3v) is 3.12. The van der Waals surface area contributed by atoms with Crippen LogP contribution in [0.25, 0.3) is 10.6 Å². The monoisotopic (exact) mass is 248 g/mol. The van der Waals surface area contributed by atoms with Crippen molar-refractivity contribution in [1.82, 2.24) is 10.2 Å². The highest BCUT2D eigenvalue weighted by molar-refractivity contribution is 7.18. The molecule has 2 rings (SSSR count). The second-order valence-electron chi connectivity index (χ2n) is 3.66. The molecule has 1 amide bonds. The van der Waals surface area contributed by atoms with Crippen molar-refractivity contribution in [3.05, 3.63) is 23.8 Å². The maximum atomic E-state index is 10.9. The summed E-state index contributed by atoms with van der Waals surface area (Å²) in [5.74, 6) is -0.156. The summed E-state index contributed by atoms with van der Waals surface area (Å²) in [7, 11) is 0. The van der Waals surface area contributed by atoms with Gasteiger partial charge < -0.3 is 11.1 Å². The van der Waals surface area contributed by atoms with Crippen LogP contribution < -0.4 is 11.1 Å². The van der Waals surface area contributed by atoms with E-state index in [0.717, 1.165) is 21.8 Å². The SMILES string of the molecule is CC(=O)Nc1nnc(-c2ccc(C)c(N)c2)s1. The van der Waals surface area contributed by atoms with Gasteiger partial charge in [0.1, 0.15) is 5.01 Å². The van der Waals surface area contributed by atoms with Crippen molar-refractivity contribution < 1.29 is 4.79 Å². The van der Waals surface area contributed by atoms with Gasteiger partial charge in [0.15, 0.2) is 0 Å². The Kier molecular flexibility index (Phi) is 3.06. The number of nitrogens with one attached hydrogen (secondary N) is 1. The quantitative estimate of drug-likeness (QED) is 0.797. The van der Waals surface area contributed by atoms with Crippen molar-refractivity contribution in [3.8, 4) is 10.6 Å². The number of amides is 1. The van der Waals surface area contributed by atoms with Gasteiger partial charge in [0, 0.05) is 18.2 Å². The largest absolute Gasteiger partial charge is 0.398 e. The van der Waals surface area contributed by atoms with Crippen molar-refractivity contribution in [2.45, 2.75) is 13.8 Å². The lowest BCUT2D eigenvalue weighted by Crippen LogP contribution is -2.04. The van der Waals surface area contributed by atoms with Crippen molar-refractivity contribution in [3.63, 3.8) is 0 Å². The number of hydrogen-bond acceptors (Lipinski definition) is 5. The lowest BCUT2D eigenvalue weighted by atomic mass is 10.1. The highest BCUT2D eigenvalue weighted by Crippen LogP contribution is 2.28. The lowest BCUT2D eigenvalue weighted by molar-refractivity contribution is -0.114. The Morgan fingerprint density at radius 3 is 2.82 bits per heavy atom. The Morgan fingerprint density at radius 1 is 1.41 bits per heavy atom. The zero-order valence-electron chi connectivity index (χ0n) is 9.52. The van der Waals surface area contributed by atoms with Gasteiger partial charge in [0.25, 0.3) is 0 Å². The van der Waals surface area contributed by atoms with Crippen molar-refractivity contribution in [2.24, 2.45) is 0 Å². The Bertz CT molecular complexity index is 564. The number of hydrogen-bond donors (Lipinski definition) is 2. The summed E-state index contributed by atoms with van der Waals surface area (Å²) in [5.41, 5.74) is 8.49. The fourth-order valence-electron chi connectivity index (χ4n) is 1.31. The van der Waals surface area contributed by atoms with Crippen LogP contribution >= 0.6 is 11.3 Å². The van der Waals surface area contributed by atoms with Gasteiger partial charge in [-0.1, -0.05) is 23.5 Å². The molecule has 0 bridgehead atoms. The van der Waals surface area contributed by atoms with Gasteiger partial charge in [-0.3, -0.25) is 4.79 Å². The predicted octanol–water partition coefficient (Wildman–Crippen LogP) is 2.05. The molecule has 0 radical (unpaired) electrons. The number of aryl methyl sites for hydroxylation is 1. The molecule has 2 aromatic rings.